The van der Waals surface area contributed by atoms with Crippen molar-refractivity contribution in [3.05, 3.63) is 41.7 Å². The van der Waals surface area contributed by atoms with Crippen molar-refractivity contribution >= 4 is 10.8 Å². The average Bonchev–Trinajstić information content (AvgIpc) is 2.77. The quantitative estimate of drug-likeness (QED) is 0.302. The Labute approximate surface area is 188 Å². The van der Waals surface area contributed by atoms with Crippen LogP contribution in [-0.2, 0) is 0 Å². The fourth-order valence-electron chi connectivity index (χ4n) is 6.16. The van der Waals surface area contributed by atoms with Crippen LogP contribution < -0.4 is 4.74 Å². The maximum Gasteiger partial charge on any atom is 0.573 e. The Balaban J connectivity index is 1.39. The largest absolute Gasteiger partial charge is 0.573 e. The maximum atomic E-state index is 14.5. The molecule has 2 saturated carbocycles. The van der Waals surface area contributed by atoms with Crippen LogP contribution in [0.3, 0.4) is 0 Å². The van der Waals surface area contributed by atoms with Crippen LogP contribution in [-0.4, -0.2) is 6.36 Å². The second-order valence-corrected chi connectivity index (χ2v) is 9.96. The Morgan fingerprint density at radius 2 is 1.69 bits per heavy atom. The third kappa shape index (κ3) is 5.58. The molecule has 5 heteroatoms. The summed E-state index contributed by atoms with van der Waals surface area (Å²) in [6, 6.07) is 8.07. The van der Waals surface area contributed by atoms with Gasteiger partial charge in [-0.2, -0.15) is 0 Å². The van der Waals surface area contributed by atoms with Gasteiger partial charge in [-0.1, -0.05) is 69.7 Å². The normalized spacial score (nSPS) is 26.2. The zero-order chi connectivity index (χ0) is 22.7. The summed E-state index contributed by atoms with van der Waals surface area (Å²) in [6.45, 7) is 2.26. The summed E-state index contributed by atoms with van der Waals surface area (Å²) in [7, 11) is 0. The first-order chi connectivity index (χ1) is 15.3. The van der Waals surface area contributed by atoms with Crippen molar-refractivity contribution in [3.8, 4) is 5.75 Å². The number of alkyl halides is 3. The predicted molar refractivity (Wildman–Crippen MR) is 120 cm³/mol. The molecule has 2 aromatic carbocycles. The first kappa shape index (κ1) is 23.4. The van der Waals surface area contributed by atoms with Gasteiger partial charge >= 0.3 is 6.36 Å². The highest BCUT2D eigenvalue weighted by Gasteiger charge is 2.36. The van der Waals surface area contributed by atoms with E-state index in [9.17, 15) is 17.6 Å². The molecule has 32 heavy (non-hydrogen) atoms. The summed E-state index contributed by atoms with van der Waals surface area (Å²) in [6.07, 6.45) is 9.52. The van der Waals surface area contributed by atoms with Crippen molar-refractivity contribution in [3.63, 3.8) is 0 Å². The molecule has 2 unspecified atom stereocenters. The lowest BCUT2D eigenvalue weighted by molar-refractivity contribution is -0.275. The SMILES string of the molecule is CCCCCC[C@@H]1CC[C@@H]2CC(c3ccc4c(F)c(OC(F)(F)F)ccc4c3)CCC2C1. The Kier molecular flexibility index (Phi) is 7.31. The van der Waals surface area contributed by atoms with Gasteiger partial charge in [-0.3, -0.25) is 0 Å². The van der Waals surface area contributed by atoms with Gasteiger partial charge in [-0.25, -0.2) is 4.39 Å². The molecule has 0 aromatic heterocycles. The van der Waals surface area contributed by atoms with Crippen LogP contribution >= 0.6 is 0 Å². The summed E-state index contributed by atoms with van der Waals surface area (Å²) in [4.78, 5) is 0. The molecule has 2 aliphatic carbocycles. The molecular formula is C27H34F4O. The van der Waals surface area contributed by atoms with E-state index in [1.807, 2.05) is 12.1 Å². The van der Waals surface area contributed by atoms with E-state index in [0.717, 1.165) is 30.2 Å². The molecule has 4 rings (SSSR count). The number of rotatable bonds is 7. The van der Waals surface area contributed by atoms with E-state index >= 15 is 0 Å². The number of hydrogen-bond acceptors (Lipinski definition) is 1. The molecule has 0 N–H and O–H groups in total. The van der Waals surface area contributed by atoms with Crippen molar-refractivity contribution in [2.75, 3.05) is 0 Å². The van der Waals surface area contributed by atoms with E-state index in [1.54, 1.807) is 6.07 Å². The Morgan fingerprint density at radius 1 is 0.906 bits per heavy atom. The van der Waals surface area contributed by atoms with Crippen molar-refractivity contribution < 1.29 is 22.3 Å². The highest BCUT2D eigenvalue weighted by molar-refractivity contribution is 5.85. The molecular weight excluding hydrogens is 416 g/mol. The minimum absolute atomic E-state index is 0.174. The molecule has 2 fully saturated rings. The predicted octanol–water partition coefficient (Wildman–Crippen LogP) is 9.15. The number of fused-ring (bicyclic) bond motifs is 2. The van der Waals surface area contributed by atoms with Gasteiger partial charge in [0.1, 0.15) is 0 Å². The monoisotopic (exact) mass is 450 g/mol. The van der Waals surface area contributed by atoms with Crippen LogP contribution in [0.4, 0.5) is 17.6 Å². The van der Waals surface area contributed by atoms with Gasteiger partial charge in [0.05, 0.1) is 0 Å². The van der Waals surface area contributed by atoms with E-state index in [1.165, 1.54) is 75.8 Å². The highest BCUT2D eigenvalue weighted by Crippen LogP contribution is 2.48. The summed E-state index contributed by atoms with van der Waals surface area (Å²) < 4.78 is 55.8. The third-order valence-corrected chi connectivity index (χ3v) is 7.83. The van der Waals surface area contributed by atoms with Gasteiger partial charge in [0.25, 0.3) is 0 Å². The lowest BCUT2D eigenvalue weighted by atomic mass is 9.63. The van der Waals surface area contributed by atoms with Crippen LogP contribution in [0.15, 0.2) is 30.3 Å². The summed E-state index contributed by atoms with van der Waals surface area (Å²) in [5, 5.41) is 0.806. The molecule has 0 saturated heterocycles. The van der Waals surface area contributed by atoms with Crippen LogP contribution in [0.25, 0.3) is 10.8 Å². The van der Waals surface area contributed by atoms with E-state index in [-0.39, 0.29) is 5.39 Å². The first-order valence-corrected chi connectivity index (χ1v) is 12.3. The summed E-state index contributed by atoms with van der Waals surface area (Å²) in [5.41, 5.74) is 1.18. The van der Waals surface area contributed by atoms with Gasteiger partial charge in [-0.05, 0) is 72.8 Å². The molecule has 0 spiro atoms. The minimum atomic E-state index is -4.90. The Hall–Kier alpha value is -1.78. The van der Waals surface area contributed by atoms with Gasteiger partial charge in [0.15, 0.2) is 11.6 Å². The van der Waals surface area contributed by atoms with Crippen LogP contribution in [0.2, 0.25) is 0 Å². The fraction of sp³-hybridized carbons (Fsp3) is 0.630. The molecule has 1 nitrogen and oxygen atoms in total. The van der Waals surface area contributed by atoms with E-state index in [2.05, 4.69) is 11.7 Å². The minimum Gasteiger partial charge on any atom is -0.403 e. The van der Waals surface area contributed by atoms with Crippen LogP contribution in [0, 0.1) is 23.6 Å². The number of unbranched alkanes of at least 4 members (excludes halogenated alkanes) is 3. The lowest BCUT2D eigenvalue weighted by Crippen LogP contribution is -2.30. The third-order valence-electron chi connectivity index (χ3n) is 7.83. The van der Waals surface area contributed by atoms with Crippen molar-refractivity contribution in [1.82, 2.24) is 0 Å². The smallest absolute Gasteiger partial charge is 0.403 e. The van der Waals surface area contributed by atoms with Gasteiger partial charge in [-0.15, -0.1) is 13.2 Å². The summed E-state index contributed by atoms with van der Waals surface area (Å²) >= 11 is 0. The van der Waals surface area contributed by atoms with E-state index in [4.69, 9.17) is 0 Å². The zero-order valence-corrected chi connectivity index (χ0v) is 18.9. The molecule has 0 bridgehead atoms. The maximum absolute atomic E-state index is 14.5. The van der Waals surface area contributed by atoms with Crippen molar-refractivity contribution in [1.29, 1.82) is 0 Å². The number of ether oxygens (including phenoxy) is 1. The molecule has 2 aromatic rings. The topological polar surface area (TPSA) is 9.23 Å². The van der Waals surface area contributed by atoms with E-state index < -0.39 is 17.9 Å². The molecule has 176 valence electrons. The van der Waals surface area contributed by atoms with Crippen LogP contribution in [0.1, 0.15) is 89.0 Å². The van der Waals surface area contributed by atoms with Gasteiger partial charge < -0.3 is 4.74 Å². The molecule has 0 heterocycles. The standard InChI is InChI=1S/C27H34F4O/c1-2-3-4-5-6-18-7-8-20-16-21(10-9-19(20)15-18)22-11-13-24-23(17-22)12-14-25(26(24)28)32-27(29,30)31/h11-14,17-21H,2-10,15-16H2,1H3/t18-,19?,20-,21?/m1/s1. The number of hydrogen-bond donors (Lipinski definition) is 0. The molecule has 0 amide bonds. The van der Waals surface area contributed by atoms with Crippen LogP contribution in [0.5, 0.6) is 5.75 Å². The second-order valence-electron chi connectivity index (χ2n) is 9.96. The Morgan fingerprint density at radius 3 is 2.47 bits per heavy atom. The molecule has 4 atom stereocenters. The average molecular weight is 451 g/mol. The number of benzene rings is 2. The van der Waals surface area contributed by atoms with Gasteiger partial charge in [0.2, 0.25) is 0 Å². The Bertz CT molecular complexity index is 906. The summed E-state index contributed by atoms with van der Waals surface area (Å²) in [5.74, 6) is 1.25. The van der Waals surface area contributed by atoms with Crippen molar-refractivity contribution in [2.24, 2.45) is 17.8 Å². The van der Waals surface area contributed by atoms with Crippen molar-refractivity contribution in [2.45, 2.75) is 89.8 Å². The van der Waals surface area contributed by atoms with E-state index in [0.29, 0.717) is 11.3 Å². The highest BCUT2D eigenvalue weighted by atomic mass is 19.4. The molecule has 0 radical (unpaired) electrons. The fourth-order valence-corrected chi connectivity index (χ4v) is 6.16. The molecule has 0 aliphatic heterocycles. The lowest BCUT2D eigenvalue weighted by Gasteiger charge is -2.42. The molecule has 2 aliphatic rings. The number of halogens is 4. The zero-order valence-electron chi connectivity index (χ0n) is 18.9. The second kappa shape index (κ2) is 10.0. The first-order valence-electron chi connectivity index (χ1n) is 12.3. The van der Waals surface area contributed by atoms with Gasteiger partial charge in [0, 0.05) is 5.39 Å².